The molecule has 4 heteroatoms. The second-order valence-electron chi connectivity index (χ2n) is 10.3. The number of hydrogen-bond donors (Lipinski definition) is 1. The first-order valence-corrected chi connectivity index (χ1v) is 11.2. The number of hydrogen-bond acceptors (Lipinski definition) is 3. The molecule has 0 spiro atoms. The summed E-state index contributed by atoms with van der Waals surface area (Å²) in [4.78, 5) is 16.1. The van der Waals surface area contributed by atoms with Crippen molar-refractivity contribution in [2.75, 3.05) is 39.4 Å². The second kappa shape index (κ2) is 6.91. The molecule has 152 valence electrons. The van der Waals surface area contributed by atoms with Crippen molar-refractivity contribution in [2.24, 2.45) is 16.7 Å². The molecule has 5 fully saturated rings. The Bertz CT molecular complexity index is 733. The molecule has 1 saturated heterocycles. The van der Waals surface area contributed by atoms with Gasteiger partial charge in [0.15, 0.2) is 5.78 Å². The third-order valence-electron chi connectivity index (χ3n) is 8.36. The molecule has 1 aromatic carbocycles. The van der Waals surface area contributed by atoms with Crippen LogP contribution in [0.1, 0.15) is 50.5 Å². The highest BCUT2D eigenvalue weighted by atomic mass is 19.1. The van der Waals surface area contributed by atoms with Crippen LogP contribution in [0, 0.1) is 16.7 Å². The maximum absolute atomic E-state index is 13.7. The average molecular weight is 385 g/mol. The van der Waals surface area contributed by atoms with Gasteiger partial charge in [-0.2, -0.15) is 0 Å². The molecule has 5 aliphatic rings. The van der Waals surface area contributed by atoms with Gasteiger partial charge in [-0.15, -0.1) is 0 Å². The Morgan fingerprint density at radius 2 is 1.86 bits per heavy atom. The zero-order valence-electron chi connectivity index (χ0n) is 16.9. The number of ketones is 1. The molecule has 1 N–H and O–H groups in total. The van der Waals surface area contributed by atoms with E-state index in [1.807, 2.05) is 0 Å². The van der Waals surface area contributed by atoms with Crippen LogP contribution in [0.25, 0.3) is 0 Å². The average Bonchev–Trinajstić information content (AvgIpc) is 2.68. The highest BCUT2D eigenvalue weighted by Gasteiger charge is 2.65. The van der Waals surface area contributed by atoms with Gasteiger partial charge in [-0.3, -0.25) is 14.1 Å². The van der Waals surface area contributed by atoms with Gasteiger partial charge in [0.25, 0.3) is 0 Å². The molecular formula is C24H33FN2O. The number of benzene rings is 1. The number of piperazine rings is 1. The minimum absolute atomic E-state index is 0.0309. The van der Waals surface area contributed by atoms with E-state index in [9.17, 15) is 9.18 Å². The highest BCUT2D eigenvalue weighted by Crippen LogP contribution is 2.71. The summed E-state index contributed by atoms with van der Waals surface area (Å²) < 4.78 is 13.6. The van der Waals surface area contributed by atoms with Crippen molar-refractivity contribution in [1.82, 2.24) is 10.2 Å². The molecule has 4 aliphatic carbocycles. The molecule has 0 radical (unpaired) electrons. The van der Waals surface area contributed by atoms with Crippen LogP contribution in [0.5, 0.6) is 0 Å². The Morgan fingerprint density at radius 1 is 1.07 bits per heavy atom. The van der Waals surface area contributed by atoms with Crippen molar-refractivity contribution in [1.29, 1.82) is 0 Å². The van der Waals surface area contributed by atoms with E-state index >= 15 is 0 Å². The van der Waals surface area contributed by atoms with Crippen LogP contribution in [0.15, 0.2) is 30.3 Å². The van der Waals surface area contributed by atoms with Gasteiger partial charge in [0.2, 0.25) is 0 Å². The van der Waals surface area contributed by atoms with Gasteiger partial charge >= 0.3 is 0 Å². The van der Waals surface area contributed by atoms with Crippen LogP contribution < -0.4 is 5.32 Å². The standard InChI is InChI=1S/C24H33FN2O/c25-7-6-22-12-19-13-23(16-22,20-4-2-1-3-5-20)18-24(14-19,17-22)21(28)15-27-10-8-26-9-11-27/h1-5,19,26H,6-18H2/t19?,22-,23-,24?/m1/s1. The summed E-state index contributed by atoms with van der Waals surface area (Å²) >= 11 is 0. The van der Waals surface area contributed by atoms with Crippen LogP contribution in [-0.2, 0) is 10.2 Å². The molecule has 0 amide bonds. The number of carbonyl (C=O) groups excluding carboxylic acids is 1. The van der Waals surface area contributed by atoms with Gasteiger partial charge in [0.1, 0.15) is 0 Å². The van der Waals surface area contributed by atoms with Gasteiger partial charge < -0.3 is 5.32 Å². The summed E-state index contributed by atoms with van der Waals surface area (Å²) in [5, 5.41) is 3.38. The molecule has 3 nitrogen and oxygen atoms in total. The van der Waals surface area contributed by atoms with E-state index in [4.69, 9.17) is 0 Å². The first-order chi connectivity index (χ1) is 13.6. The van der Waals surface area contributed by atoms with E-state index in [1.54, 1.807) is 0 Å². The van der Waals surface area contributed by atoms with Crippen LogP contribution in [0.2, 0.25) is 0 Å². The van der Waals surface area contributed by atoms with Crippen molar-refractivity contribution in [2.45, 2.75) is 50.4 Å². The normalized spacial score (nSPS) is 40.0. The fourth-order valence-electron chi connectivity index (χ4n) is 7.78. The Balaban J connectivity index is 1.49. The summed E-state index contributed by atoms with van der Waals surface area (Å²) in [6.45, 7) is 4.21. The number of nitrogens with one attached hydrogen (secondary N) is 1. The molecule has 1 heterocycles. The SMILES string of the molecule is O=C(CN1CCNCC1)C12CC3C[C@@](CCF)(C1)C[C@](c1ccccc1)(C3)C2. The lowest BCUT2D eigenvalue weighted by atomic mass is 9.37. The molecule has 1 aliphatic heterocycles. The Labute approximate surface area is 168 Å². The van der Waals surface area contributed by atoms with Crippen LogP contribution in [0.4, 0.5) is 4.39 Å². The van der Waals surface area contributed by atoms with E-state index in [0.29, 0.717) is 24.7 Å². The minimum atomic E-state index is -0.250. The molecule has 28 heavy (non-hydrogen) atoms. The maximum Gasteiger partial charge on any atom is 0.153 e. The van der Waals surface area contributed by atoms with Crippen LogP contribution >= 0.6 is 0 Å². The molecule has 2 unspecified atom stereocenters. The van der Waals surface area contributed by atoms with E-state index in [-0.39, 0.29) is 22.9 Å². The van der Waals surface area contributed by atoms with Crippen molar-refractivity contribution in [3.05, 3.63) is 35.9 Å². The molecule has 4 atom stereocenters. The highest BCUT2D eigenvalue weighted by molar-refractivity contribution is 5.87. The minimum Gasteiger partial charge on any atom is -0.314 e. The summed E-state index contributed by atoms with van der Waals surface area (Å²) in [6.07, 6.45) is 7.00. The molecule has 0 aromatic heterocycles. The Kier molecular flexibility index (Phi) is 4.63. The fourth-order valence-corrected chi connectivity index (χ4v) is 7.78. The van der Waals surface area contributed by atoms with E-state index in [0.717, 1.165) is 58.3 Å². The van der Waals surface area contributed by atoms with Crippen LogP contribution in [-0.4, -0.2) is 50.1 Å². The van der Waals surface area contributed by atoms with Crippen LogP contribution in [0.3, 0.4) is 0 Å². The summed E-state index contributed by atoms with van der Waals surface area (Å²) in [7, 11) is 0. The number of rotatable bonds is 6. The van der Waals surface area contributed by atoms with Crippen molar-refractivity contribution >= 4 is 5.78 Å². The van der Waals surface area contributed by atoms with E-state index in [2.05, 4.69) is 40.5 Å². The Morgan fingerprint density at radius 3 is 2.61 bits per heavy atom. The third kappa shape index (κ3) is 3.04. The number of Topliss-reactive ketones (excluding diaryl/α,β-unsaturated/α-hetero) is 1. The lowest BCUT2D eigenvalue weighted by Crippen LogP contribution is -2.62. The second-order valence-corrected chi connectivity index (χ2v) is 10.3. The number of alkyl halides is 1. The zero-order valence-corrected chi connectivity index (χ0v) is 16.9. The number of nitrogens with zero attached hydrogens (tertiary/aromatic N) is 1. The monoisotopic (exact) mass is 384 g/mol. The van der Waals surface area contributed by atoms with Gasteiger partial charge in [0, 0.05) is 31.6 Å². The molecular weight excluding hydrogens is 351 g/mol. The first-order valence-electron chi connectivity index (χ1n) is 11.2. The maximum atomic E-state index is 13.7. The van der Waals surface area contributed by atoms with Crippen molar-refractivity contribution < 1.29 is 9.18 Å². The fraction of sp³-hybridized carbons (Fsp3) is 0.708. The largest absolute Gasteiger partial charge is 0.314 e. The number of carbonyl (C=O) groups is 1. The molecule has 1 aromatic rings. The van der Waals surface area contributed by atoms with Gasteiger partial charge in [-0.1, -0.05) is 30.3 Å². The lowest BCUT2D eigenvalue weighted by Gasteiger charge is -2.66. The van der Waals surface area contributed by atoms with Gasteiger partial charge in [0.05, 0.1) is 13.2 Å². The smallest absolute Gasteiger partial charge is 0.153 e. The number of halogens is 1. The summed E-state index contributed by atoms with van der Waals surface area (Å²) in [5.41, 5.74) is 1.27. The van der Waals surface area contributed by atoms with Crippen molar-refractivity contribution in [3.8, 4) is 0 Å². The zero-order chi connectivity index (χ0) is 19.2. The topological polar surface area (TPSA) is 32.3 Å². The van der Waals surface area contributed by atoms with Gasteiger partial charge in [-0.25, -0.2) is 0 Å². The summed E-state index contributed by atoms with van der Waals surface area (Å²) in [5.74, 6) is 1.03. The molecule has 6 rings (SSSR count). The first kappa shape index (κ1) is 18.7. The predicted molar refractivity (Wildman–Crippen MR) is 109 cm³/mol. The summed E-state index contributed by atoms with van der Waals surface area (Å²) in [6, 6.07) is 10.8. The van der Waals surface area contributed by atoms with E-state index in [1.165, 1.54) is 12.0 Å². The Hall–Kier alpha value is -1.26. The van der Waals surface area contributed by atoms with Crippen molar-refractivity contribution in [3.63, 3.8) is 0 Å². The predicted octanol–water partition coefficient (Wildman–Crippen LogP) is 3.73. The quantitative estimate of drug-likeness (QED) is 0.811. The molecule has 4 bridgehead atoms. The lowest BCUT2D eigenvalue weighted by molar-refractivity contribution is -0.163. The third-order valence-corrected chi connectivity index (χ3v) is 8.36. The van der Waals surface area contributed by atoms with E-state index < -0.39 is 0 Å². The van der Waals surface area contributed by atoms with Gasteiger partial charge in [-0.05, 0) is 67.3 Å². The molecule has 4 saturated carbocycles.